The number of hydrogen-bond donors (Lipinski definition) is 0. The number of carbonyl (C=O) groups excluding carboxylic acids is 1. The van der Waals surface area contributed by atoms with Crippen molar-refractivity contribution in [2.24, 2.45) is 0 Å². The summed E-state index contributed by atoms with van der Waals surface area (Å²) in [6.07, 6.45) is 1.73. The highest BCUT2D eigenvalue weighted by molar-refractivity contribution is 5.98. The molecule has 0 bridgehead atoms. The summed E-state index contributed by atoms with van der Waals surface area (Å²) in [7, 11) is 0. The highest BCUT2D eigenvalue weighted by Crippen LogP contribution is 2.38. The Bertz CT molecular complexity index is 1030. The third kappa shape index (κ3) is 4.58. The molecule has 0 aliphatic carbocycles. The Morgan fingerprint density at radius 1 is 0.871 bits per heavy atom. The van der Waals surface area contributed by atoms with Crippen LogP contribution >= 0.6 is 0 Å². The molecule has 3 aromatic carbocycles. The summed E-state index contributed by atoms with van der Waals surface area (Å²) in [5.41, 5.74) is 4.24. The zero-order chi connectivity index (χ0) is 21.6. The topological polar surface area (TPSA) is 38.8 Å². The number of rotatable bonds is 9. The summed E-state index contributed by atoms with van der Waals surface area (Å²) < 4.78 is 11.6. The van der Waals surface area contributed by atoms with E-state index < -0.39 is 0 Å². The molecule has 160 valence electrons. The standard InChI is InChI=1S/C27H29NO3/c1-3-30-25-17-15-21(18-26(25)31-4-2)24(16-14-20-10-6-5-7-11-20)28-19-22-12-8-9-13-23(22)27(28)29/h5-13,15,17-18,24H,3-4,14,16,19H2,1-2H3/t24-/m1/s1. The van der Waals surface area contributed by atoms with Gasteiger partial charge >= 0.3 is 0 Å². The van der Waals surface area contributed by atoms with Gasteiger partial charge in [-0.2, -0.15) is 0 Å². The molecule has 0 unspecified atom stereocenters. The number of fused-ring (bicyclic) bond motifs is 1. The molecule has 1 amide bonds. The molecule has 0 fully saturated rings. The zero-order valence-electron chi connectivity index (χ0n) is 18.2. The van der Waals surface area contributed by atoms with E-state index in [1.165, 1.54) is 5.56 Å². The average molecular weight is 416 g/mol. The first kappa shape index (κ1) is 21.0. The van der Waals surface area contributed by atoms with Crippen molar-refractivity contribution in [3.05, 3.63) is 95.1 Å². The predicted molar refractivity (Wildman–Crippen MR) is 123 cm³/mol. The molecule has 0 aromatic heterocycles. The van der Waals surface area contributed by atoms with Gasteiger partial charge in [-0.3, -0.25) is 4.79 Å². The SMILES string of the molecule is CCOc1ccc([C@@H](CCc2ccccc2)N2Cc3ccccc3C2=O)cc1OCC. The van der Waals surface area contributed by atoms with Crippen LogP contribution < -0.4 is 9.47 Å². The van der Waals surface area contributed by atoms with E-state index in [1.54, 1.807) is 0 Å². The molecule has 1 aliphatic heterocycles. The highest BCUT2D eigenvalue weighted by Gasteiger charge is 2.33. The van der Waals surface area contributed by atoms with E-state index >= 15 is 0 Å². The summed E-state index contributed by atoms with van der Waals surface area (Å²) in [5.74, 6) is 1.57. The van der Waals surface area contributed by atoms with Gasteiger partial charge in [-0.05, 0) is 61.6 Å². The first-order valence-corrected chi connectivity index (χ1v) is 11.0. The maximum Gasteiger partial charge on any atom is 0.255 e. The van der Waals surface area contributed by atoms with Crippen molar-refractivity contribution < 1.29 is 14.3 Å². The molecule has 31 heavy (non-hydrogen) atoms. The van der Waals surface area contributed by atoms with Gasteiger partial charge < -0.3 is 14.4 Å². The summed E-state index contributed by atoms with van der Waals surface area (Å²) >= 11 is 0. The molecule has 4 rings (SSSR count). The lowest BCUT2D eigenvalue weighted by Crippen LogP contribution is -2.29. The van der Waals surface area contributed by atoms with E-state index in [-0.39, 0.29) is 11.9 Å². The number of ether oxygens (including phenoxy) is 2. The van der Waals surface area contributed by atoms with Gasteiger partial charge in [0, 0.05) is 12.1 Å². The molecule has 0 spiro atoms. The van der Waals surface area contributed by atoms with Crippen LogP contribution in [0.2, 0.25) is 0 Å². The van der Waals surface area contributed by atoms with Crippen LogP contribution in [0, 0.1) is 0 Å². The molecule has 1 heterocycles. The van der Waals surface area contributed by atoms with Gasteiger partial charge in [0.1, 0.15) is 0 Å². The quantitative estimate of drug-likeness (QED) is 0.442. The first-order chi connectivity index (χ1) is 15.2. The molecular formula is C27H29NO3. The van der Waals surface area contributed by atoms with Crippen LogP contribution in [0.15, 0.2) is 72.8 Å². The fraction of sp³-hybridized carbons (Fsp3) is 0.296. The Labute approximate surface area is 184 Å². The minimum Gasteiger partial charge on any atom is -0.490 e. The normalized spacial score (nSPS) is 13.7. The molecule has 0 N–H and O–H groups in total. The second-order valence-electron chi connectivity index (χ2n) is 7.70. The molecule has 0 saturated heterocycles. The van der Waals surface area contributed by atoms with Crippen molar-refractivity contribution >= 4 is 5.91 Å². The Morgan fingerprint density at radius 3 is 2.32 bits per heavy atom. The maximum atomic E-state index is 13.3. The van der Waals surface area contributed by atoms with Gasteiger partial charge in [-0.1, -0.05) is 54.6 Å². The summed E-state index contributed by atoms with van der Waals surface area (Å²) in [6, 6.07) is 24.4. The second-order valence-corrected chi connectivity index (χ2v) is 7.70. The average Bonchev–Trinajstić information content (AvgIpc) is 3.13. The summed E-state index contributed by atoms with van der Waals surface area (Å²) in [4.78, 5) is 15.3. The van der Waals surface area contributed by atoms with Gasteiger partial charge in [0.05, 0.1) is 19.3 Å². The van der Waals surface area contributed by atoms with E-state index in [4.69, 9.17) is 9.47 Å². The number of amides is 1. The molecule has 3 aromatic rings. The highest BCUT2D eigenvalue weighted by atomic mass is 16.5. The maximum absolute atomic E-state index is 13.3. The van der Waals surface area contributed by atoms with Crippen LogP contribution in [0.3, 0.4) is 0 Å². The predicted octanol–water partition coefficient (Wildman–Crippen LogP) is 5.81. The van der Waals surface area contributed by atoms with Crippen LogP contribution in [0.1, 0.15) is 53.4 Å². The monoisotopic (exact) mass is 415 g/mol. The van der Waals surface area contributed by atoms with E-state index in [9.17, 15) is 4.79 Å². The zero-order valence-corrected chi connectivity index (χ0v) is 18.2. The van der Waals surface area contributed by atoms with Crippen molar-refractivity contribution in [1.29, 1.82) is 0 Å². The molecule has 0 radical (unpaired) electrons. The number of nitrogens with zero attached hydrogens (tertiary/aromatic N) is 1. The van der Waals surface area contributed by atoms with E-state index in [0.717, 1.165) is 41.0 Å². The molecule has 4 heteroatoms. The molecule has 4 nitrogen and oxygen atoms in total. The van der Waals surface area contributed by atoms with Gasteiger partial charge in [-0.15, -0.1) is 0 Å². The summed E-state index contributed by atoms with van der Waals surface area (Å²) in [5, 5.41) is 0. The third-order valence-electron chi connectivity index (χ3n) is 5.73. The fourth-order valence-corrected chi connectivity index (χ4v) is 4.25. The van der Waals surface area contributed by atoms with Crippen molar-refractivity contribution in [2.75, 3.05) is 13.2 Å². The lowest BCUT2D eigenvalue weighted by atomic mass is 9.97. The molecule has 1 atom stereocenters. The van der Waals surface area contributed by atoms with Gasteiger partial charge in [0.15, 0.2) is 11.5 Å². The molecular weight excluding hydrogens is 386 g/mol. The first-order valence-electron chi connectivity index (χ1n) is 11.0. The minimum absolute atomic E-state index is 0.0463. The van der Waals surface area contributed by atoms with E-state index in [1.807, 2.05) is 61.2 Å². The van der Waals surface area contributed by atoms with Crippen molar-refractivity contribution in [2.45, 2.75) is 39.3 Å². The number of aryl methyl sites for hydroxylation is 1. The Hall–Kier alpha value is -3.27. The van der Waals surface area contributed by atoms with Gasteiger partial charge in [0.25, 0.3) is 5.91 Å². The van der Waals surface area contributed by atoms with E-state index in [2.05, 4.69) is 30.3 Å². The van der Waals surface area contributed by atoms with Crippen LogP contribution in [0.5, 0.6) is 11.5 Å². The molecule has 1 aliphatic rings. The largest absolute Gasteiger partial charge is 0.490 e. The van der Waals surface area contributed by atoms with Crippen molar-refractivity contribution in [3.8, 4) is 11.5 Å². The van der Waals surface area contributed by atoms with Crippen LogP contribution in [-0.2, 0) is 13.0 Å². The van der Waals surface area contributed by atoms with Crippen LogP contribution in [0.4, 0.5) is 0 Å². The van der Waals surface area contributed by atoms with Gasteiger partial charge in [0.2, 0.25) is 0 Å². The smallest absolute Gasteiger partial charge is 0.255 e. The Kier molecular flexibility index (Phi) is 6.56. The Balaban J connectivity index is 1.67. The summed E-state index contributed by atoms with van der Waals surface area (Å²) in [6.45, 7) is 5.71. The Morgan fingerprint density at radius 2 is 1.58 bits per heavy atom. The lowest BCUT2D eigenvalue weighted by molar-refractivity contribution is 0.0691. The van der Waals surface area contributed by atoms with Gasteiger partial charge in [-0.25, -0.2) is 0 Å². The number of benzene rings is 3. The lowest BCUT2D eigenvalue weighted by Gasteiger charge is -2.29. The fourth-order valence-electron chi connectivity index (χ4n) is 4.25. The second kappa shape index (κ2) is 9.69. The number of hydrogen-bond acceptors (Lipinski definition) is 3. The van der Waals surface area contributed by atoms with E-state index in [0.29, 0.717) is 19.8 Å². The van der Waals surface area contributed by atoms with Crippen molar-refractivity contribution in [1.82, 2.24) is 4.90 Å². The third-order valence-corrected chi connectivity index (χ3v) is 5.73. The van der Waals surface area contributed by atoms with Crippen LogP contribution in [-0.4, -0.2) is 24.0 Å². The van der Waals surface area contributed by atoms with Crippen molar-refractivity contribution in [3.63, 3.8) is 0 Å². The molecule has 0 saturated carbocycles. The number of carbonyl (C=O) groups is 1. The minimum atomic E-state index is -0.0463. The van der Waals surface area contributed by atoms with Crippen LogP contribution in [0.25, 0.3) is 0 Å².